The summed E-state index contributed by atoms with van der Waals surface area (Å²) in [5.74, 6) is 0.373. The van der Waals surface area contributed by atoms with Gasteiger partial charge in [-0.05, 0) is 44.9 Å². The summed E-state index contributed by atoms with van der Waals surface area (Å²) in [5.41, 5.74) is 0.524. The molecule has 2 aromatic carbocycles. The zero-order chi connectivity index (χ0) is 22.4. The quantitative estimate of drug-likeness (QED) is 0.656. The van der Waals surface area contributed by atoms with Crippen molar-refractivity contribution in [3.8, 4) is 11.5 Å². The first-order valence-corrected chi connectivity index (χ1v) is 11.1. The Morgan fingerprint density at radius 2 is 1.63 bits per heavy atom. The summed E-state index contributed by atoms with van der Waals surface area (Å²) in [7, 11) is -1.02. The maximum atomic E-state index is 13.4. The monoisotopic (exact) mass is 434 g/mol. The highest BCUT2D eigenvalue weighted by molar-refractivity contribution is 7.89. The molecule has 0 aromatic heterocycles. The highest BCUT2D eigenvalue weighted by Gasteiger charge is 2.28. The molecule has 2 rings (SSSR count). The summed E-state index contributed by atoms with van der Waals surface area (Å²) in [6.07, 6.45) is 0.482. The van der Waals surface area contributed by atoms with Crippen LogP contribution in [0.15, 0.2) is 53.4 Å². The van der Waals surface area contributed by atoms with Crippen LogP contribution in [0.4, 0.5) is 0 Å². The van der Waals surface area contributed by atoms with E-state index in [1.165, 1.54) is 36.7 Å². The Morgan fingerprint density at radius 3 is 2.20 bits per heavy atom. The highest BCUT2D eigenvalue weighted by atomic mass is 32.2. The van der Waals surface area contributed by atoms with Crippen molar-refractivity contribution in [1.29, 1.82) is 0 Å². The number of nitrogens with one attached hydrogen (secondary N) is 1. The smallest absolute Gasteiger partial charge is 0.243 e. The summed E-state index contributed by atoms with van der Waals surface area (Å²) in [4.78, 5) is 12.6. The van der Waals surface area contributed by atoms with E-state index in [1.807, 2.05) is 51.1 Å². The van der Waals surface area contributed by atoms with Gasteiger partial charge in [0.15, 0.2) is 11.5 Å². The maximum Gasteiger partial charge on any atom is 0.243 e. The van der Waals surface area contributed by atoms with Crippen molar-refractivity contribution in [1.82, 2.24) is 9.62 Å². The minimum absolute atomic E-state index is 0.0387. The first kappa shape index (κ1) is 23.7. The number of amides is 1. The number of nitrogens with zero attached hydrogens (tertiary/aromatic N) is 1. The van der Waals surface area contributed by atoms with Gasteiger partial charge in [0.1, 0.15) is 0 Å². The highest BCUT2D eigenvalue weighted by Crippen LogP contribution is 2.30. The Kier molecular flexibility index (Phi) is 7.86. The van der Waals surface area contributed by atoms with E-state index in [4.69, 9.17) is 9.47 Å². The van der Waals surface area contributed by atoms with Gasteiger partial charge < -0.3 is 14.8 Å². The SMILES string of the molecule is COc1ccc(S(=O)(=O)N(CCc2ccccc2)CC(=O)NC(C)(C)C)cc1OC. The van der Waals surface area contributed by atoms with Crippen LogP contribution < -0.4 is 14.8 Å². The number of ether oxygens (including phenoxy) is 2. The Morgan fingerprint density at radius 1 is 1.00 bits per heavy atom. The van der Waals surface area contributed by atoms with Gasteiger partial charge in [-0.15, -0.1) is 0 Å². The second kappa shape index (κ2) is 9.95. The standard InChI is InChI=1S/C22H30N2O5S/c1-22(2,3)23-21(25)16-24(14-13-17-9-7-6-8-10-17)30(26,27)18-11-12-19(28-4)20(15-18)29-5/h6-12,15H,13-14,16H2,1-5H3,(H,23,25). The molecule has 164 valence electrons. The molecule has 8 heteroatoms. The third-order valence-electron chi connectivity index (χ3n) is 4.32. The molecule has 30 heavy (non-hydrogen) atoms. The summed E-state index contributed by atoms with van der Waals surface area (Å²) in [5, 5.41) is 2.82. The van der Waals surface area contributed by atoms with Crippen LogP contribution in [0.3, 0.4) is 0 Å². The summed E-state index contributed by atoms with van der Waals surface area (Å²) >= 11 is 0. The van der Waals surface area contributed by atoms with Gasteiger partial charge in [-0.3, -0.25) is 4.79 Å². The number of hydrogen-bond donors (Lipinski definition) is 1. The van der Waals surface area contributed by atoms with Gasteiger partial charge in [0, 0.05) is 18.2 Å². The number of sulfonamides is 1. The molecule has 1 amide bonds. The Balaban J connectivity index is 2.34. The first-order chi connectivity index (χ1) is 14.1. The number of methoxy groups -OCH3 is 2. The molecule has 0 atom stereocenters. The van der Waals surface area contributed by atoms with Gasteiger partial charge >= 0.3 is 0 Å². The van der Waals surface area contributed by atoms with Crippen molar-refractivity contribution < 1.29 is 22.7 Å². The zero-order valence-electron chi connectivity index (χ0n) is 18.1. The third-order valence-corrected chi connectivity index (χ3v) is 6.16. The van der Waals surface area contributed by atoms with Crippen LogP contribution in [0, 0.1) is 0 Å². The molecule has 0 unspecified atom stereocenters. The minimum Gasteiger partial charge on any atom is -0.493 e. The van der Waals surface area contributed by atoms with Crippen molar-refractivity contribution in [3.05, 3.63) is 54.1 Å². The van der Waals surface area contributed by atoms with E-state index < -0.39 is 15.6 Å². The molecule has 0 aliphatic heterocycles. The van der Waals surface area contributed by atoms with Gasteiger partial charge in [-0.25, -0.2) is 8.42 Å². The Bertz CT molecular complexity index is 953. The number of benzene rings is 2. The Labute approximate surface area is 179 Å². The topological polar surface area (TPSA) is 84.9 Å². The predicted octanol–water partition coefficient (Wildman–Crippen LogP) is 2.85. The molecule has 0 saturated heterocycles. The molecular formula is C22H30N2O5S. The lowest BCUT2D eigenvalue weighted by Gasteiger charge is -2.26. The van der Waals surface area contributed by atoms with Gasteiger partial charge in [-0.2, -0.15) is 4.31 Å². The zero-order valence-corrected chi connectivity index (χ0v) is 19.0. The summed E-state index contributed by atoms with van der Waals surface area (Å²) in [6.45, 7) is 5.44. The lowest BCUT2D eigenvalue weighted by molar-refractivity contribution is -0.122. The van der Waals surface area contributed by atoms with E-state index in [2.05, 4.69) is 5.32 Å². The molecule has 0 heterocycles. The lowest BCUT2D eigenvalue weighted by atomic mass is 10.1. The molecule has 1 N–H and O–H groups in total. The van der Waals surface area contributed by atoms with Crippen LogP contribution in [0.25, 0.3) is 0 Å². The van der Waals surface area contributed by atoms with Crippen LogP contribution in [-0.4, -0.2) is 51.5 Å². The van der Waals surface area contributed by atoms with Gasteiger partial charge in [0.05, 0.1) is 25.7 Å². The van der Waals surface area contributed by atoms with Gasteiger partial charge in [-0.1, -0.05) is 30.3 Å². The average molecular weight is 435 g/mol. The molecule has 0 fully saturated rings. The molecule has 2 aromatic rings. The maximum absolute atomic E-state index is 13.4. The second-order valence-corrected chi connectivity index (χ2v) is 9.83. The van der Waals surface area contributed by atoms with Gasteiger partial charge in [0.25, 0.3) is 0 Å². The number of rotatable bonds is 9. The fourth-order valence-electron chi connectivity index (χ4n) is 2.93. The molecule has 0 aliphatic rings. The van der Waals surface area contributed by atoms with E-state index >= 15 is 0 Å². The summed E-state index contributed by atoms with van der Waals surface area (Å²) in [6, 6.07) is 13.9. The second-order valence-electron chi connectivity index (χ2n) is 7.89. The van der Waals surface area contributed by atoms with Crippen molar-refractivity contribution in [2.75, 3.05) is 27.3 Å². The van der Waals surface area contributed by atoms with Crippen molar-refractivity contribution >= 4 is 15.9 Å². The van der Waals surface area contributed by atoms with Crippen LogP contribution in [0.1, 0.15) is 26.3 Å². The molecule has 0 radical (unpaired) electrons. The molecule has 0 bridgehead atoms. The van der Waals surface area contributed by atoms with E-state index in [-0.39, 0.29) is 23.9 Å². The summed E-state index contributed by atoms with van der Waals surface area (Å²) < 4.78 is 38.4. The molecule has 0 saturated carbocycles. The molecule has 0 aliphatic carbocycles. The minimum atomic E-state index is -3.94. The number of carbonyl (C=O) groups excluding carboxylic acids is 1. The molecule has 7 nitrogen and oxygen atoms in total. The Hall–Kier alpha value is -2.58. The van der Waals surface area contributed by atoms with E-state index in [0.29, 0.717) is 17.9 Å². The van der Waals surface area contributed by atoms with Crippen molar-refractivity contribution in [3.63, 3.8) is 0 Å². The number of hydrogen-bond acceptors (Lipinski definition) is 5. The van der Waals surface area contributed by atoms with E-state index in [0.717, 1.165) is 5.56 Å². The molecule has 0 spiro atoms. The molecular weight excluding hydrogens is 404 g/mol. The van der Waals surface area contributed by atoms with Crippen LogP contribution >= 0.6 is 0 Å². The lowest BCUT2D eigenvalue weighted by Crippen LogP contribution is -2.47. The van der Waals surface area contributed by atoms with Crippen molar-refractivity contribution in [2.45, 2.75) is 37.6 Å². The van der Waals surface area contributed by atoms with Crippen molar-refractivity contribution in [2.24, 2.45) is 0 Å². The normalized spacial score (nSPS) is 11.9. The van der Waals surface area contributed by atoms with Gasteiger partial charge in [0.2, 0.25) is 15.9 Å². The fraction of sp³-hybridized carbons (Fsp3) is 0.409. The fourth-order valence-corrected chi connectivity index (χ4v) is 4.34. The largest absolute Gasteiger partial charge is 0.493 e. The number of carbonyl (C=O) groups is 1. The first-order valence-electron chi connectivity index (χ1n) is 9.64. The van der Waals surface area contributed by atoms with E-state index in [9.17, 15) is 13.2 Å². The van der Waals surface area contributed by atoms with E-state index in [1.54, 1.807) is 0 Å². The predicted molar refractivity (Wildman–Crippen MR) is 116 cm³/mol. The van der Waals surface area contributed by atoms with Crippen LogP contribution in [-0.2, 0) is 21.2 Å². The third kappa shape index (κ3) is 6.47. The van der Waals surface area contributed by atoms with Crippen LogP contribution in [0.2, 0.25) is 0 Å². The van der Waals surface area contributed by atoms with Crippen LogP contribution in [0.5, 0.6) is 11.5 Å². The average Bonchev–Trinajstić information content (AvgIpc) is 2.69.